The van der Waals surface area contributed by atoms with Crippen molar-refractivity contribution in [2.75, 3.05) is 0 Å². The topological polar surface area (TPSA) is 54.4 Å². The third-order valence-corrected chi connectivity index (χ3v) is 4.58. The highest BCUT2D eigenvalue weighted by atomic mass is 32.2. The number of hydrogen-bond acceptors (Lipinski definition) is 3. The molecule has 0 aliphatic rings. The molecule has 3 aromatic rings. The Morgan fingerprint density at radius 2 is 1.17 bits per heavy atom. The Morgan fingerprint density at radius 3 is 1.59 bits per heavy atom. The summed E-state index contributed by atoms with van der Waals surface area (Å²) in [5.74, 6) is -0.553. The van der Waals surface area contributed by atoms with Gasteiger partial charge in [-0.2, -0.15) is 21.6 Å². The fourth-order valence-electron chi connectivity index (χ4n) is 2.33. The molecule has 0 unspecified atom stereocenters. The average molecular weight is 448 g/mol. The third kappa shape index (κ3) is 6.02. The zero-order valence-electron chi connectivity index (χ0n) is 14.4. The lowest BCUT2D eigenvalue weighted by Gasteiger charge is -2.13. The van der Waals surface area contributed by atoms with Crippen LogP contribution in [0.3, 0.4) is 0 Å². The van der Waals surface area contributed by atoms with Crippen molar-refractivity contribution in [2.45, 2.75) is 10.4 Å². The molecular weight excluding hydrogens is 435 g/mol. The highest BCUT2D eigenvalue weighted by molar-refractivity contribution is 7.86. The molecule has 0 bridgehead atoms. The molecule has 0 heterocycles. The molecule has 0 aliphatic carbocycles. The number of alkyl halides is 3. The monoisotopic (exact) mass is 448 g/mol. The van der Waals surface area contributed by atoms with Crippen LogP contribution in [-0.2, 0) is 10.1 Å². The van der Waals surface area contributed by atoms with Crippen molar-refractivity contribution < 1.29 is 34.9 Å². The van der Waals surface area contributed by atoms with Gasteiger partial charge in [-0.25, -0.2) is 8.78 Å². The van der Waals surface area contributed by atoms with E-state index in [0.29, 0.717) is 0 Å². The number of benzene rings is 3. The van der Waals surface area contributed by atoms with E-state index in [0.717, 1.165) is 27.1 Å². The first-order chi connectivity index (χ1) is 13.4. The fraction of sp³-hybridized carbons (Fsp3) is 0.0526. The maximum Gasteiger partial charge on any atom is 0.522 e. The van der Waals surface area contributed by atoms with Crippen molar-refractivity contribution in [3.05, 3.63) is 78.4 Å². The van der Waals surface area contributed by atoms with Crippen LogP contribution < -0.4 is 0 Å². The molecule has 3 nitrogen and oxygen atoms in total. The largest absolute Gasteiger partial charge is 0.522 e. The highest BCUT2D eigenvalue weighted by Crippen LogP contribution is 2.36. The first kappa shape index (κ1) is 22.9. The second-order valence-corrected chi connectivity index (χ2v) is 7.53. The number of halogens is 5. The smallest absolute Gasteiger partial charge is 0.279 e. The molecule has 0 amide bonds. The summed E-state index contributed by atoms with van der Waals surface area (Å²) in [5, 5.41) is 0. The maximum absolute atomic E-state index is 13.1. The maximum atomic E-state index is 13.1. The zero-order chi connectivity index (χ0) is 21.8. The van der Waals surface area contributed by atoms with Gasteiger partial charge in [-0.15, -0.1) is 12.6 Å². The van der Waals surface area contributed by atoms with E-state index in [4.69, 9.17) is 13.0 Å². The van der Waals surface area contributed by atoms with Crippen LogP contribution in [0.25, 0.3) is 22.3 Å². The molecular formula is C19H13F5O3S2. The summed E-state index contributed by atoms with van der Waals surface area (Å²) in [6, 6.07) is 18.3. The molecule has 1 N–H and O–H groups in total. The molecule has 0 aliphatic heterocycles. The van der Waals surface area contributed by atoms with Gasteiger partial charge in [0.05, 0.1) is 0 Å². The van der Waals surface area contributed by atoms with Crippen LogP contribution in [0, 0.1) is 11.6 Å². The summed E-state index contributed by atoms with van der Waals surface area (Å²) >= 11 is 4.51. The van der Waals surface area contributed by atoms with Crippen molar-refractivity contribution in [1.82, 2.24) is 0 Å². The SMILES string of the molecule is Fc1ccc(-c2cccc(S)c2-c2ccc(F)cc2)cc1.O=S(=O)(O)C(F)(F)F. The van der Waals surface area contributed by atoms with E-state index in [2.05, 4.69) is 12.6 Å². The van der Waals surface area contributed by atoms with E-state index in [1.165, 1.54) is 24.3 Å². The molecule has 0 saturated heterocycles. The molecule has 0 saturated carbocycles. The summed E-state index contributed by atoms with van der Waals surface area (Å²) in [5.41, 5.74) is -1.91. The fourth-order valence-corrected chi connectivity index (χ4v) is 2.67. The molecule has 29 heavy (non-hydrogen) atoms. The van der Waals surface area contributed by atoms with E-state index in [-0.39, 0.29) is 11.6 Å². The average Bonchev–Trinajstić information content (AvgIpc) is 2.62. The molecule has 3 rings (SSSR count). The lowest BCUT2D eigenvalue weighted by atomic mass is 9.94. The van der Waals surface area contributed by atoms with E-state index in [1.54, 1.807) is 24.3 Å². The van der Waals surface area contributed by atoms with Crippen LogP contribution in [0.4, 0.5) is 22.0 Å². The van der Waals surface area contributed by atoms with Crippen LogP contribution in [0.15, 0.2) is 71.6 Å². The summed E-state index contributed by atoms with van der Waals surface area (Å²) in [6.45, 7) is 0. The van der Waals surface area contributed by atoms with Gasteiger partial charge in [0, 0.05) is 10.5 Å². The minimum absolute atomic E-state index is 0.274. The Hall–Kier alpha value is -2.43. The number of thiol groups is 1. The van der Waals surface area contributed by atoms with E-state index in [1.807, 2.05) is 18.2 Å². The van der Waals surface area contributed by atoms with Crippen LogP contribution in [0.1, 0.15) is 0 Å². The zero-order valence-corrected chi connectivity index (χ0v) is 16.1. The molecule has 0 fully saturated rings. The molecule has 10 heteroatoms. The molecule has 3 aromatic carbocycles. The number of rotatable bonds is 2. The molecule has 0 atom stereocenters. The Kier molecular flexibility index (Phi) is 7.04. The molecule has 0 aromatic heterocycles. The van der Waals surface area contributed by atoms with Gasteiger partial charge in [-0.05, 0) is 47.0 Å². The Bertz CT molecular complexity index is 1080. The Morgan fingerprint density at radius 1 is 0.759 bits per heavy atom. The normalized spacial score (nSPS) is 11.6. The Balaban J connectivity index is 0.000000321. The van der Waals surface area contributed by atoms with Gasteiger partial charge in [0.2, 0.25) is 0 Å². The minimum atomic E-state index is -5.84. The standard InChI is InChI=1S/C18H12F2S.CHF3O3S/c19-14-8-4-12(5-9-14)16-2-1-3-17(21)18(16)13-6-10-15(20)11-7-13;2-1(3,4)8(5,6)7/h1-11,21H;(H,5,6,7). The first-order valence-corrected chi connectivity index (χ1v) is 9.66. The van der Waals surface area contributed by atoms with Crippen molar-refractivity contribution in [3.8, 4) is 22.3 Å². The van der Waals surface area contributed by atoms with E-state index < -0.39 is 15.6 Å². The number of hydrogen-bond donors (Lipinski definition) is 2. The van der Waals surface area contributed by atoms with Crippen molar-refractivity contribution in [3.63, 3.8) is 0 Å². The van der Waals surface area contributed by atoms with Crippen molar-refractivity contribution in [2.24, 2.45) is 0 Å². The third-order valence-electron chi connectivity index (χ3n) is 3.62. The van der Waals surface area contributed by atoms with Gasteiger partial charge in [-0.1, -0.05) is 36.4 Å². The molecule has 0 spiro atoms. The second-order valence-electron chi connectivity index (χ2n) is 5.63. The summed E-state index contributed by atoms with van der Waals surface area (Å²) in [4.78, 5) is 0.795. The van der Waals surface area contributed by atoms with Gasteiger partial charge in [0.15, 0.2) is 0 Å². The molecule has 0 radical (unpaired) electrons. The Labute approximate surface area is 169 Å². The predicted molar refractivity (Wildman–Crippen MR) is 102 cm³/mol. The summed E-state index contributed by atoms with van der Waals surface area (Å²) < 4.78 is 83.7. The molecule has 154 valence electrons. The van der Waals surface area contributed by atoms with Crippen molar-refractivity contribution >= 4 is 22.7 Å². The quantitative estimate of drug-likeness (QED) is 0.219. The minimum Gasteiger partial charge on any atom is -0.279 e. The van der Waals surface area contributed by atoms with E-state index in [9.17, 15) is 22.0 Å². The predicted octanol–water partition coefficient (Wildman–Crippen LogP) is 5.98. The second kappa shape index (κ2) is 8.93. The van der Waals surface area contributed by atoms with Crippen LogP contribution in [-0.4, -0.2) is 18.5 Å². The van der Waals surface area contributed by atoms with Gasteiger partial charge in [0.1, 0.15) is 11.6 Å². The van der Waals surface area contributed by atoms with Crippen LogP contribution in [0.5, 0.6) is 0 Å². The lowest BCUT2D eigenvalue weighted by Crippen LogP contribution is -2.21. The lowest BCUT2D eigenvalue weighted by molar-refractivity contribution is -0.0510. The highest BCUT2D eigenvalue weighted by Gasteiger charge is 2.44. The summed E-state index contributed by atoms with van der Waals surface area (Å²) in [7, 11) is -5.84. The van der Waals surface area contributed by atoms with Crippen LogP contribution >= 0.6 is 12.6 Å². The first-order valence-electron chi connectivity index (χ1n) is 7.78. The van der Waals surface area contributed by atoms with Crippen molar-refractivity contribution in [1.29, 1.82) is 0 Å². The van der Waals surface area contributed by atoms with Crippen LogP contribution in [0.2, 0.25) is 0 Å². The van der Waals surface area contributed by atoms with Gasteiger partial charge in [0.25, 0.3) is 0 Å². The van der Waals surface area contributed by atoms with Gasteiger partial charge in [-0.3, -0.25) is 4.55 Å². The van der Waals surface area contributed by atoms with Gasteiger partial charge >= 0.3 is 15.6 Å². The summed E-state index contributed by atoms with van der Waals surface area (Å²) in [6.07, 6.45) is 0. The van der Waals surface area contributed by atoms with E-state index >= 15 is 0 Å². The van der Waals surface area contributed by atoms with Gasteiger partial charge < -0.3 is 0 Å².